The number of nitrogens with one attached hydrogen (secondary N) is 1. The Balaban J connectivity index is 2.49. The lowest BCUT2D eigenvalue weighted by molar-refractivity contribution is 0.282. The normalized spacial score (nSPS) is 36.0. The summed E-state index contributed by atoms with van der Waals surface area (Å²) in [5.74, 6) is 0. The van der Waals surface area contributed by atoms with E-state index in [0.29, 0.717) is 27.6 Å². The van der Waals surface area contributed by atoms with Crippen LogP contribution in [0.4, 0.5) is 0 Å². The van der Waals surface area contributed by atoms with Crippen molar-refractivity contribution in [3.8, 4) is 0 Å². The van der Waals surface area contributed by atoms with Gasteiger partial charge >= 0.3 is 0 Å². The average molecular weight is 176 g/mol. The molecule has 3 heteroatoms. The largest absolute Gasteiger partial charge is 0.396 e. The summed E-state index contributed by atoms with van der Waals surface area (Å²) in [7, 11) is 0.408. The van der Waals surface area contributed by atoms with Gasteiger partial charge < -0.3 is 5.11 Å². The molecule has 0 radical (unpaired) electrons. The first-order valence-electron chi connectivity index (χ1n) is 4.07. The maximum atomic E-state index is 8.78. The molecular formula is C8H18NOS+. The van der Waals surface area contributed by atoms with Crippen LogP contribution in [0.3, 0.4) is 0 Å². The third-order valence-electron chi connectivity index (χ3n) is 2.45. The zero-order valence-corrected chi connectivity index (χ0v) is 8.37. The van der Waals surface area contributed by atoms with Gasteiger partial charge in [0.15, 0.2) is 5.37 Å². The Morgan fingerprint density at radius 3 is 2.64 bits per heavy atom. The molecule has 1 saturated heterocycles. The molecule has 0 aromatic carbocycles. The average Bonchev–Trinajstić information content (AvgIpc) is 2.17. The lowest BCUT2D eigenvalue weighted by Gasteiger charge is -2.15. The molecule has 2 unspecified atom stereocenters. The summed E-state index contributed by atoms with van der Waals surface area (Å²) >= 11 is 0. The predicted octanol–water partition coefficient (Wildman–Crippen LogP) is 0.325. The van der Waals surface area contributed by atoms with Crippen LogP contribution >= 0.6 is 0 Å². The molecule has 2 atom stereocenters. The Morgan fingerprint density at radius 2 is 2.27 bits per heavy atom. The van der Waals surface area contributed by atoms with Gasteiger partial charge in [0.25, 0.3) is 0 Å². The van der Waals surface area contributed by atoms with Gasteiger partial charge in [0.05, 0.1) is 6.26 Å². The fraction of sp³-hybridized carbons (Fsp3) is 1.00. The van der Waals surface area contributed by atoms with Crippen molar-refractivity contribution in [1.82, 2.24) is 5.32 Å². The minimum atomic E-state index is 0.311. The molecule has 66 valence electrons. The van der Waals surface area contributed by atoms with Crippen LogP contribution in [-0.4, -0.2) is 34.6 Å². The van der Waals surface area contributed by atoms with Crippen LogP contribution in [0.5, 0.6) is 0 Å². The molecule has 0 amide bonds. The van der Waals surface area contributed by atoms with Crippen LogP contribution in [0.15, 0.2) is 0 Å². The molecule has 1 rings (SSSR count). The van der Waals surface area contributed by atoms with E-state index in [1.807, 2.05) is 0 Å². The summed E-state index contributed by atoms with van der Waals surface area (Å²) in [6.07, 6.45) is 3.20. The standard InChI is InChI=1S/C8H18NOS/c1-8(2)6-9-7(4-5-10)11(8)3/h7,9-10H,4-6H2,1-3H3/q+1. The summed E-state index contributed by atoms with van der Waals surface area (Å²) in [6.45, 7) is 5.99. The van der Waals surface area contributed by atoms with Crippen LogP contribution in [0, 0.1) is 0 Å². The first-order valence-corrected chi connectivity index (χ1v) is 5.76. The zero-order valence-electron chi connectivity index (χ0n) is 7.55. The van der Waals surface area contributed by atoms with Crippen molar-refractivity contribution in [3.63, 3.8) is 0 Å². The molecule has 1 aliphatic rings. The third-order valence-corrected chi connectivity index (χ3v) is 5.59. The first kappa shape index (κ1) is 9.36. The maximum Gasteiger partial charge on any atom is 0.172 e. The van der Waals surface area contributed by atoms with Crippen molar-refractivity contribution in [1.29, 1.82) is 0 Å². The van der Waals surface area contributed by atoms with Gasteiger partial charge in [-0.05, 0) is 13.8 Å². The first-order chi connectivity index (χ1) is 5.08. The molecule has 1 aliphatic heterocycles. The smallest absolute Gasteiger partial charge is 0.172 e. The molecular weight excluding hydrogens is 158 g/mol. The lowest BCUT2D eigenvalue weighted by atomic mass is 10.2. The minimum Gasteiger partial charge on any atom is -0.396 e. The van der Waals surface area contributed by atoms with Crippen molar-refractivity contribution in [3.05, 3.63) is 0 Å². The maximum absolute atomic E-state index is 8.78. The van der Waals surface area contributed by atoms with E-state index in [2.05, 4.69) is 25.4 Å². The Hall–Kier alpha value is 0.270. The Morgan fingerprint density at radius 1 is 1.64 bits per heavy atom. The van der Waals surface area contributed by atoms with Gasteiger partial charge in [-0.3, -0.25) is 5.32 Å². The van der Waals surface area contributed by atoms with Crippen molar-refractivity contribution in [2.24, 2.45) is 0 Å². The van der Waals surface area contributed by atoms with Gasteiger partial charge in [0, 0.05) is 30.5 Å². The Bertz CT molecular complexity index is 138. The fourth-order valence-electron chi connectivity index (χ4n) is 1.38. The summed E-state index contributed by atoms with van der Waals surface area (Å²) in [5, 5.41) is 12.8. The second-order valence-electron chi connectivity index (χ2n) is 3.70. The van der Waals surface area contributed by atoms with Crippen LogP contribution in [0.2, 0.25) is 0 Å². The highest BCUT2D eigenvalue weighted by atomic mass is 32.2. The summed E-state index contributed by atoms with van der Waals surface area (Å²) in [6, 6.07) is 0. The predicted molar refractivity (Wildman–Crippen MR) is 50.9 cm³/mol. The van der Waals surface area contributed by atoms with Crippen molar-refractivity contribution < 1.29 is 5.11 Å². The lowest BCUT2D eigenvalue weighted by Crippen LogP contribution is -2.32. The Kier molecular flexibility index (Phi) is 2.84. The Labute approximate surface area is 71.7 Å². The number of hydrogen-bond acceptors (Lipinski definition) is 2. The van der Waals surface area contributed by atoms with Crippen LogP contribution in [-0.2, 0) is 10.9 Å². The van der Waals surface area contributed by atoms with E-state index in [1.165, 1.54) is 0 Å². The van der Waals surface area contributed by atoms with Gasteiger partial charge in [-0.15, -0.1) is 0 Å². The van der Waals surface area contributed by atoms with E-state index < -0.39 is 0 Å². The van der Waals surface area contributed by atoms with Gasteiger partial charge in [0.2, 0.25) is 0 Å². The number of rotatable bonds is 2. The van der Waals surface area contributed by atoms with E-state index >= 15 is 0 Å². The molecule has 2 N–H and O–H groups in total. The van der Waals surface area contributed by atoms with E-state index in [1.54, 1.807) is 0 Å². The highest BCUT2D eigenvalue weighted by Gasteiger charge is 2.47. The molecule has 1 fully saturated rings. The minimum absolute atomic E-state index is 0.311. The third kappa shape index (κ3) is 1.89. The molecule has 1 heterocycles. The molecule has 2 nitrogen and oxygen atoms in total. The molecule has 0 aromatic rings. The molecule has 0 bridgehead atoms. The van der Waals surface area contributed by atoms with E-state index in [9.17, 15) is 0 Å². The zero-order chi connectivity index (χ0) is 8.48. The summed E-state index contributed by atoms with van der Waals surface area (Å²) < 4.78 is 0.430. The van der Waals surface area contributed by atoms with Gasteiger partial charge in [-0.1, -0.05) is 0 Å². The van der Waals surface area contributed by atoms with E-state index in [0.717, 1.165) is 13.0 Å². The summed E-state index contributed by atoms with van der Waals surface area (Å²) in [5.41, 5.74) is 0. The van der Waals surface area contributed by atoms with Gasteiger partial charge in [0.1, 0.15) is 4.75 Å². The van der Waals surface area contributed by atoms with Gasteiger partial charge in [-0.2, -0.15) is 0 Å². The molecule has 11 heavy (non-hydrogen) atoms. The number of aliphatic hydroxyl groups excluding tert-OH is 1. The van der Waals surface area contributed by atoms with Gasteiger partial charge in [-0.25, -0.2) is 0 Å². The van der Waals surface area contributed by atoms with E-state index in [4.69, 9.17) is 5.11 Å². The highest BCUT2D eigenvalue weighted by molar-refractivity contribution is 7.98. The SMILES string of the molecule is C[S+]1C(CCO)NCC1(C)C. The molecule has 0 saturated carbocycles. The fourth-order valence-corrected chi connectivity index (χ4v) is 3.25. The van der Waals surface area contributed by atoms with Crippen molar-refractivity contribution in [2.75, 3.05) is 19.4 Å². The number of aliphatic hydroxyl groups is 1. The second-order valence-corrected chi connectivity index (χ2v) is 6.49. The monoisotopic (exact) mass is 176 g/mol. The summed E-state index contributed by atoms with van der Waals surface area (Å²) in [4.78, 5) is 0. The topological polar surface area (TPSA) is 32.3 Å². The van der Waals surface area contributed by atoms with Crippen molar-refractivity contribution >= 4 is 10.9 Å². The quantitative estimate of drug-likeness (QED) is 0.594. The van der Waals surface area contributed by atoms with Crippen LogP contribution in [0.1, 0.15) is 20.3 Å². The number of hydrogen-bond donors (Lipinski definition) is 2. The van der Waals surface area contributed by atoms with Crippen LogP contribution < -0.4 is 5.32 Å². The molecule has 0 aromatic heterocycles. The van der Waals surface area contributed by atoms with Crippen LogP contribution in [0.25, 0.3) is 0 Å². The molecule has 0 aliphatic carbocycles. The highest BCUT2D eigenvalue weighted by Crippen LogP contribution is 2.27. The van der Waals surface area contributed by atoms with E-state index in [-0.39, 0.29) is 0 Å². The molecule has 0 spiro atoms. The second kappa shape index (κ2) is 3.33. The van der Waals surface area contributed by atoms with Crippen molar-refractivity contribution in [2.45, 2.75) is 30.4 Å².